The molecule has 0 spiro atoms. The fourth-order valence-electron chi connectivity index (χ4n) is 2.02. The van der Waals surface area contributed by atoms with Gasteiger partial charge in [0.2, 0.25) is 5.91 Å². The molecule has 2 N–H and O–H groups in total. The quantitative estimate of drug-likeness (QED) is 0.885. The number of carbonyl (C=O) groups is 1. The summed E-state index contributed by atoms with van der Waals surface area (Å²) in [6, 6.07) is 2.12. The van der Waals surface area contributed by atoms with E-state index < -0.39 is 0 Å². The summed E-state index contributed by atoms with van der Waals surface area (Å²) in [5.41, 5.74) is 6.87. The molecule has 7 heteroatoms. The lowest BCUT2D eigenvalue weighted by molar-refractivity contribution is -0.129. The molecule has 0 saturated carbocycles. The van der Waals surface area contributed by atoms with Gasteiger partial charge in [-0.25, -0.2) is 4.98 Å². The number of aromatic nitrogens is 1. The zero-order chi connectivity index (χ0) is 13.2. The number of carbonyl (C=O) groups excluding carboxylic acids is 1. The molecule has 1 amide bonds. The number of amides is 1. The Balaban J connectivity index is 1.57. The van der Waals surface area contributed by atoms with Crippen LogP contribution in [0.5, 0.6) is 0 Å². The van der Waals surface area contributed by atoms with Crippen molar-refractivity contribution in [2.45, 2.75) is 17.2 Å². The number of hydrogen-bond donors (Lipinski definition) is 1. The van der Waals surface area contributed by atoms with E-state index >= 15 is 0 Å². The number of thiazole rings is 1. The monoisotopic (exact) mass is 311 g/mol. The first-order valence-corrected chi connectivity index (χ1v) is 8.57. The minimum Gasteiger partial charge on any atom is -0.375 e. The van der Waals surface area contributed by atoms with E-state index in [9.17, 15) is 4.79 Å². The molecule has 0 aliphatic carbocycles. The number of thiophene rings is 1. The lowest BCUT2D eigenvalue weighted by Crippen LogP contribution is -2.36. The van der Waals surface area contributed by atoms with Crippen LogP contribution >= 0.6 is 34.4 Å². The summed E-state index contributed by atoms with van der Waals surface area (Å²) in [6.45, 7) is 1.58. The van der Waals surface area contributed by atoms with Gasteiger partial charge in [-0.15, -0.1) is 23.1 Å². The predicted molar refractivity (Wildman–Crippen MR) is 80.7 cm³/mol. The summed E-state index contributed by atoms with van der Waals surface area (Å²) in [5, 5.41) is 2.66. The van der Waals surface area contributed by atoms with Crippen molar-refractivity contribution in [3.05, 3.63) is 28.1 Å². The molecule has 100 valence electrons. The fourth-order valence-corrected chi connectivity index (χ4v) is 4.58. The van der Waals surface area contributed by atoms with Gasteiger partial charge in [-0.05, 0) is 23.4 Å². The van der Waals surface area contributed by atoms with Crippen LogP contribution in [0.1, 0.15) is 10.4 Å². The van der Waals surface area contributed by atoms with Gasteiger partial charge in [0.1, 0.15) is 0 Å². The molecule has 0 aromatic carbocycles. The van der Waals surface area contributed by atoms with E-state index in [1.807, 2.05) is 4.90 Å². The number of rotatable bonds is 3. The van der Waals surface area contributed by atoms with Crippen LogP contribution in [-0.2, 0) is 17.8 Å². The maximum atomic E-state index is 12.2. The van der Waals surface area contributed by atoms with Gasteiger partial charge < -0.3 is 10.6 Å². The zero-order valence-electron chi connectivity index (χ0n) is 10.2. The first kappa shape index (κ1) is 13.0. The zero-order valence-corrected chi connectivity index (χ0v) is 12.6. The smallest absolute Gasteiger partial charge is 0.233 e. The van der Waals surface area contributed by atoms with Crippen molar-refractivity contribution in [3.8, 4) is 0 Å². The number of thioether (sulfide) groups is 1. The summed E-state index contributed by atoms with van der Waals surface area (Å²) in [5.74, 6) is 0.648. The average molecular weight is 311 g/mol. The second kappa shape index (κ2) is 5.52. The Kier molecular flexibility index (Phi) is 3.76. The van der Waals surface area contributed by atoms with Gasteiger partial charge in [-0.2, -0.15) is 0 Å². The number of anilines is 1. The Bertz CT molecular complexity index is 593. The van der Waals surface area contributed by atoms with Crippen LogP contribution in [0.3, 0.4) is 0 Å². The molecule has 1 aliphatic rings. The second-order valence-electron chi connectivity index (χ2n) is 4.24. The highest BCUT2D eigenvalue weighted by Gasteiger charge is 2.21. The molecule has 3 rings (SSSR count). The van der Waals surface area contributed by atoms with E-state index in [0.717, 1.165) is 23.7 Å². The lowest BCUT2D eigenvalue weighted by Gasteiger charge is -2.26. The van der Waals surface area contributed by atoms with E-state index in [0.29, 0.717) is 10.9 Å². The third kappa shape index (κ3) is 2.93. The number of nitrogens with zero attached hydrogens (tertiary/aromatic N) is 2. The molecule has 19 heavy (non-hydrogen) atoms. The van der Waals surface area contributed by atoms with Gasteiger partial charge in [0, 0.05) is 18.0 Å². The Morgan fingerprint density at radius 2 is 2.47 bits per heavy atom. The van der Waals surface area contributed by atoms with Crippen molar-refractivity contribution in [1.82, 2.24) is 9.88 Å². The maximum Gasteiger partial charge on any atom is 0.233 e. The van der Waals surface area contributed by atoms with E-state index in [2.05, 4.69) is 16.4 Å². The fraction of sp³-hybridized carbons (Fsp3) is 0.333. The first-order valence-electron chi connectivity index (χ1n) is 5.89. The topological polar surface area (TPSA) is 59.2 Å². The number of nitrogen functional groups attached to an aromatic ring is 1. The molecule has 0 fully saturated rings. The maximum absolute atomic E-state index is 12.2. The second-order valence-corrected chi connectivity index (χ2v) is 7.58. The molecule has 0 bridgehead atoms. The molecule has 4 nitrogen and oxygen atoms in total. The SMILES string of the molecule is Nc1ncc(SCC(=O)N2CCc3sccc3C2)s1. The number of hydrogen-bond acceptors (Lipinski definition) is 6. The Labute approximate surface area is 123 Å². The summed E-state index contributed by atoms with van der Waals surface area (Å²) in [6.07, 6.45) is 2.71. The summed E-state index contributed by atoms with van der Waals surface area (Å²) < 4.78 is 0.999. The lowest BCUT2D eigenvalue weighted by atomic mass is 10.1. The van der Waals surface area contributed by atoms with Crippen LogP contribution in [0, 0.1) is 0 Å². The van der Waals surface area contributed by atoms with Gasteiger partial charge in [-0.3, -0.25) is 4.79 Å². The van der Waals surface area contributed by atoms with E-state index in [1.54, 1.807) is 17.5 Å². The first-order chi connectivity index (χ1) is 9.22. The standard InChI is InChI=1S/C12H13N3OS3/c13-12-14-5-11(19-12)18-7-10(16)15-3-1-9-8(6-15)2-4-17-9/h2,4-5H,1,3,6-7H2,(H2,13,14). The third-order valence-corrected chi connectivity index (χ3v) is 6.03. The van der Waals surface area contributed by atoms with Gasteiger partial charge in [0.15, 0.2) is 5.13 Å². The Morgan fingerprint density at radius 3 is 3.26 bits per heavy atom. The van der Waals surface area contributed by atoms with Crippen molar-refractivity contribution >= 4 is 45.5 Å². The van der Waals surface area contributed by atoms with Crippen molar-refractivity contribution in [2.24, 2.45) is 0 Å². The average Bonchev–Trinajstić information content (AvgIpc) is 3.03. The minimum absolute atomic E-state index is 0.189. The summed E-state index contributed by atoms with van der Waals surface area (Å²) in [4.78, 5) is 19.5. The van der Waals surface area contributed by atoms with Gasteiger partial charge in [0.05, 0.1) is 16.2 Å². The predicted octanol–water partition coefficient (Wildman–Crippen LogP) is 2.46. The highest BCUT2D eigenvalue weighted by atomic mass is 32.2. The molecule has 1 aliphatic heterocycles. The molecular formula is C12H13N3OS3. The van der Waals surface area contributed by atoms with E-state index in [4.69, 9.17) is 5.73 Å². The highest BCUT2D eigenvalue weighted by Crippen LogP contribution is 2.28. The normalized spacial score (nSPS) is 14.4. The van der Waals surface area contributed by atoms with Gasteiger partial charge in [0.25, 0.3) is 0 Å². The Morgan fingerprint density at radius 1 is 1.58 bits per heavy atom. The van der Waals surface area contributed by atoms with Gasteiger partial charge >= 0.3 is 0 Å². The molecule has 0 radical (unpaired) electrons. The summed E-state index contributed by atoms with van der Waals surface area (Å²) >= 11 is 4.73. The molecule has 0 saturated heterocycles. The molecule has 2 aromatic rings. The highest BCUT2D eigenvalue weighted by molar-refractivity contribution is 8.01. The van der Waals surface area contributed by atoms with E-state index in [1.165, 1.54) is 33.5 Å². The molecular weight excluding hydrogens is 298 g/mol. The van der Waals surface area contributed by atoms with Crippen LogP contribution in [-0.4, -0.2) is 28.1 Å². The largest absolute Gasteiger partial charge is 0.375 e. The number of nitrogens with two attached hydrogens (primary N) is 1. The molecule has 3 heterocycles. The Hall–Kier alpha value is -1.05. The molecule has 2 aromatic heterocycles. The van der Waals surface area contributed by atoms with E-state index in [-0.39, 0.29) is 5.91 Å². The molecule has 0 unspecified atom stereocenters. The van der Waals surface area contributed by atoms with Crippen LogP contribution < -0.4 is 5.73 Å². The number of fused-ring (bicyclic) bond motifs is 1. The van der Waals surface area contributed by atoms with Crippen LogP contribution in [0.4, 0.5) is 5.13 Å². The van der Waals surface area contributed by atoms with Crippen molar-refractivity contribution in [3.63, 3.8) is 0 Å². The van der Waals surface area contributed by atoms with Crippen molar-refractivity contribution in [2.75, 3.05) is 18.0 Å². The summed E-state index contributed by atoms with van der Waals surface area (Å²) in [7, 11) is 0. The molecule has 0 atom stereocenters. The van der Waals surface area contributed by atoms with Crippen molar-refractivity contribution < 1.29 is 4.79 Å². The minimum atomic E-state index is 0.189. The van der Waals surface area contributed by atoms with Crippen LogP contribution in [0.25, 0.3) is 0 Å². The van der Waals surface area contributed by atoms with Crippen LogP contribution in [0.2, 0.25) is 0 Å². The van der Waals surface area contributed by atoms with Crippen LogP contribution in [0.15, 0.2) is 21.9 Å². The van der Waals surface area contributed by atoms with Crippen molar-refractivity contribution in [1.29, 1.82) is 0 Å². The third-order valence-electron chi connectivity index (χ3n) is 3.00. The van der Waals surface area contributed by atoms with Gasteiger partial charge in [-0.1, -0.05) is 11.3 Å².